The zero-order chi connectivity index (χ0) is 13.3. The summed E-state index contributed by atoms with van der Waals surface area (Å²) >= 11 is 0. The van der Waals surface area contributed by atoms with Gasteiger partial charge in [0.05, 0.1) is 5.92 Å². The highest BCUT2D eigenvalue weighted by Crippen LogP contribution is 2.21. The Balaban J connectivity index is 2.08. The van der Waals surface area contributed by atoms with Gasteiger partial charge in [-0.05, 0) is 24.1 Å². The third-order valence-electron chi connectivity index (χ3n) is 3.27. The monoisotopic (exact) mass is 248 g/mol. The number of hydrogen-bond donors (Lipinski definition) is 2. The van der Waals surface area contributed by atoms with E-state index >= 15 is 0 Å². The molecule has 18 heavy (non-hydrogen) atoms. The van der Waals surface area contributed by atoms with Gasteiger partial charge in [0.15, 0.2) is 0 Å². The molecule has 3 N–H and O–H groups in total. The molecule has 0 spiro atoms. The van der Waals surface area contributed by atoms with E-state index in [-0.39, 0.29) is 18.9 Å². The minimum atomic E-state index is -0.903. The van der Waals surface area contributed by atoms with Crippen molar-refractivity contribution in [2.45, 2.75) is 19.9 Å². The van der Waals surface area contributed by atoms with Crippen molar-refractivity contribution in [2.75, 3.05) is 12.3 Å². The van der Waals surface area contributed by atoms with Gasteiger partial charge in [-0.1, -0.05) is 12.1 Å². The lowest BCUT2D eigenvalue weighted by atomic mass is 10.1. The van der Waals surface area contributed by atoms with Crippen LogP contribution in [0.2, 0.25) is 0 Å². The molecule has 1 unspecified atom stereocenters. The maximum atomic E-state index is 11.7. The molecule has 1 fully saturated rings. The quantitative estimate of drug-likeness (QED) is 0.782. The van der Waals surface area contributed by atoms with Gasteiger partial charge in [-0.2, -0.15) is 0 Å². The molecule has 1 atom stereocenters. The summed E-state index contributed by atoms with van der Waals surface area (Å²) in [6, 6.07) is 5.60. The number of anilines is 1. The van der Waals surface area contributed by atoms with Crippen molar-refractivity contribution in [3.05, 3.63) is 29.3 Å². The summed E-state index contributed by atoms with van der Waals surface area (Å²) in [4.78, 5) is 24.1. The average molecular weight is 248 g/mol. The molecule has 1 aliphatic heterocycles. The van der Waals surface area contributed by atoms with E-state index in [9.17, 15) is 9.59 Å². The van der Waals surface area contributed by atoms with Crippen LogP contribution < -0.4 is 5.73 Å². The Labute approximate surface area is 105 Å². The number of amides is 1. The molecule has 0 saturated carbocycles. The Kier molecular flexibility index (Phi) is 3.23. The van der Waals surface area contributed by atoms with Gasteiger partial charge in [-0.15, -0.1) is 0 Å². The van der Waals surface area contributed by atoms with Gasteiger partial charge in [-0.3, -0.25) is 9.59 Å². The predicted molar refractivity (Wildman–Crippen MR) is 66.8 cm³/mol. The molecule has 0 aromatic heterocycles. The minimum Gasteiger partial charge on any atom is -0.481 e. The molecule has 1 aromatic carbocycles. The van der Waals surface area contributed by atoms with E-state index in [0.29, 0.717) is 6.54 Å². The second kappa shape index (κ2) is 4.68. The van der Waals surface area contributed by atoms with E-state index in [2.05, 4.69) is 0 Å². The van der Waals surface area contributed by atoms with Crippen LogP contribution in [-0.2, 0) is 16.1 Å². The van der Waals surface area contributed by atoms with Crippen LogP contribution in [0.5, 0.6) is 0 Å². The lowest BCUT2D eigenvalue weighted by Gasteiger charge is -2.16. The average Bonchev–Trinajstić information content (AvgIpc) is 2.66. The molecule has 1 aliphatic rings. The number of nitrogens with two attached hydrogens (primary N) is 1. The van der Waals surface area contributed by atoms with Gasteiger partial charge >= 0.3 is 5.97 Å². The summed E-state index contributed by atoms with van der Waals surface area (Å²) in [5, 5.41) is 8.90. The fourth-order valence-corrected chi connectivity index (χ4v) is 2.15. The van der Waals surface area contributed by atoms with Crippen molar-refractivity contribution >= 4 is 17.6 Å². The minimum absolute atomic E-state index is 0.100. The molecular formula is C13H16N2O3. The highest BCUT2D eigenvalue weighted by Gasteiger charge is 2.33. The molecule has 96 valence electrons. The fourth-order valence-electron chi connectivity index (χ4n) is 2.15. The van der Waals surface area contributed by atoms with Gasteiger partial charge in [-0.25, -0.2) is 0 Å². The normalized spacial score (nSPS) is 19.3. The summed E-state index contributed by atoms with van der Waals surface area (Å²) in [6.07, 6.45) is 0.100. The van der Waals surface area contributed by atoms with Crippen LogP contribution in [0, 0.1) is 12.8 Å². The first-order chi connectivity index (χ1) is 8.47. The number of hydrogen-bond acceptors (Lipinski definition) is 3. The van der Waals surface area contributed by atoms with Crippen molar-refractivity contribution in [1.29, 1.82) is 0 Å². The molecule has 1 heterocycles. The van der Waals surface area contributed by atoms with Crippen LogP contribution in [0.25, 0.3) is 0 Å². The molecule has 0 bridgehead atoms. The van der Waals surface area contributed by atoms with Gasteiger partial charge in [0.2, 0.25) is 5.91 Å². The molecular weight excluding hydrogens is 232 g/mol. The number of carbonyl (C=O) groups is 2. The van der Waals surface area contributed by atoms with E-state index in [1.807, 2.05) is 19.1 Å². The predicted octanol–water partition coefficient (Wildman–Crippen LogP) is 1.01. The van der Waals surface area contributed by atoms with Gasteiger partial charge < -0.3 is 15.7 Å². The van der Waals surface area contributed by atoms with Crippen LogP contribution in [0.1, 0.15) is 17.5 Å². The molecule has 1 aromatic rings. The summed E-state index contributed by atoms with van der Waals surface area (Å²) in [7, 11) is 0. The summed E-state index contributed by atoms with van der Waals surface area (Å²) in [5.74, 6) is -1.58. The number of likely N-dealkylation sites (tertiary alicyclic amines) is 1. The third kappa shape index (κ3) is 2.45. The number of carboxylic acids is 1. The molecule has 1 saturated heterocycles. The molecule has 0 aliphatic carbocycles. The number of rotatable bonds is 3. The Morgan fingerprint density at radius 2 is 2.28 bits per heavy atom. The van der Waals surface area contributed by atoms with Crippen molar-refractivity contribution < 1.29 is 14.7 Å². The second-order valence-electron chi connectivity index (χ2n) is 4.70. The topological polar surface area (TPSA) is 83.6 Å². The highest BCUT2D eigenvalue weighted by atomic mass is 16.4. The molecule has 5 nitrogen and oxygen atoms in total. The van der Waals surface area contributed by atoms with Gasteiger partial charge in [0.1, 0.15) is 0 Å². The maximum absolute atomic E-state index is 11.7. The molecule has 0 radical (unpaired) electrons. The van der Waals surface area contributed by atoms with E-state index < -0.39 is 11.9 Å². The lowest BCUT2D eigenvalue weighted by molar-refractivity contribution is -0.141. The van der Waals surface area contributed by atoms with Gasteiger partial charge in [0.25, 0.3) is 0 Å². The van der Waals surface area contributed by atoms with Crippen LogP contribution in [0.4, 0.5) is 5.69 Å². The summed E-state index contributed by atoms with van der Waals surface area (Å²) < 4.78 is 0. The Bertz CT molecular complexity index is 499. The van der Waals surface area contributed by atoms with E-state index in [4.69, 9.17) is 10.8 Å². The standard InChI is InChI=1S/C13H16N2O3/c1-8-4-9(2-3-11(8)14)6-15-7-10(13(17)18)5-12(15)16/h2-4,10H,5-7,14H2,1H3,(H,17,18). The zero-order valence-electron chi connectivity index (χ0n) is 10.2. The smallest absolute Gasteiger partial charge is 0.308 e. The molecule has 2 rings (SSSR count). The SMILES string of the molecule is Cc1cc(CN2CC(C(=O)O)CC2=O)ccc1N. The second-order valence-corrected chi connectivity index (χ2v) is 4.70. The first-order valence-corrected chi connectivity index (χ1v) is 5.83. The number of carbonyl (C=O) groups excluding carboxylic acids is 1. The maximum Gasteiger partial charge on any atom is 0.308 e. The van der Waals surface area contributed by atoms with E-state index in [0.717, 1.165) is 16.8 Å². The highest BCUT2D eigenvalue weighted by molar-refractivity contribution is 5.86. The first kappa shape index (κ1) is 12.4. The van der Waals surface area contributed by atoms with Crippen molar-refractivity contribution in [3.63, 3.8) is 0 Å². The Morgan fingerprint density at radius 3 is 2.83 bits per heavy atom. The van der Waals surface area contributed by atoms with Crippen LogP contribution in [-0.4, -0.2) is 28.4 Å². The number of nitrogens with zero attached hydrogens (tertiary/aromatic N) is 1. The van der Waals surface area contributed by atoms with Crippen LogP contribution >= 0.6 is 0 Å². The fraction of sp³-hybridized carbons (Fsp3) is 0.385. The molecule has 1 amide bonds. The Hall–Kier alpha value is -2.04. The largest absolute Gasteiger partial charge is 0.481 e. The number of benzene rings is 1. The number of aliphatic carboxylic acids is 1. The van der Waals surface area contributed by atoms with E-state index in [1.165, 1.54) is 0 Å². The van der Waals surface area contributed by atoms with Gasteiger partial charge in [0, 0.05) is 25.2 Å². The molecule has 5 heteroatoms. The van der Waals surface area contributed by atoms with Crippen LogP contribution in [0.15, 0.2) is 18.2 Å². The summed E-state index contributed by atoms with van der Waals surface area (Å²) in [6.45, 7) is 2.64. The number of carboxylic acid groups (broad SMARTS) is 1. The third-order valence-corrected chi connectivity index (χ3v) is 3.27. The lowest BCUT2D eigenvalue weighted by Crippen LogP contribution is -2.25. The number of nitrogen functional groups attached to an aromatic ring is 1. The van der Waals surface area contributed by atoms with Crippen molar-refractivity contribution in [3.8, 4) is 0 Å². The summed E-state index contributed by atoms with van der Waals surface area (Å²) in [5.41, 5.74) is 8.39. The van der Waals surface area contributed by atoms with Crippen molar-refractivity contribution in [1.82, 2.24) is 4.90 Å². The number of aryl methyl sites for hydroxylation is 1. The zero-order valence-corrected chi connectivity index (χ0v) is 10.2. The van der Waals surface area contributed by atoms with Crippen LogP contribution in [0.3, 0.4) is 0 Å². The van der Waals surface area contributed by atoms with Crippen molar-refractivity contribution in [2.24, 2.45) is 5.92 Å². The first-order valence-electron chi connectivity index (χ1n) is 5.83. The Morgan fingerprint density at radius 1 is 1.56 bits per heavy atom. The van der Waals surface area contributed by atoms with E-state index in [1.54, 1.807) is 11.0 Å².